The molecule has 21 heavy (non-hydrogen) atoms. The van der Waals surface area contributed by atoms with E-state index in [0.29, 0.717) is 6.42 Å². The SMILES string of the molecule is CC=CCC=CCC=CCC=CCC=CCC=CCC=O. The molecule has 0 unspecified atom stereocenters. The van der Waals surface area contributed by atoms with Crippen molar-refractivity contribution in [2.45, 2.75) is 45.4 Å². The lowest BCUT2D eigenvalue weighted by Crippen LogP contribution is -1.66. The number of rotatable bonds is 12. The molecule has 0 aliphatic rings. The first-order valence-electron chi connectivity index (χ1n) is 7.71. The molecule has 0 saturated heterocycles. The summed E-state index contributed by atoms with van der Waals surface area (Å²) in [5.74, 6) is 0. The molecule has 0 aliphatic carbocycles. The molecule has 0 N–H and O–H groups in total. The van der Waals surface area contributed by atoms with Crippen molar-refractivity contribution in [3.8, 4) is 0 Å². The first-order valence-corrected chi connectivity index (χ1v) is 7.71. The first kappa shape index (κ1) is 19.1. The highest BCUT2D eigenvalue weighted by atomic mass is 16.1. The molecular weight excluding hydrogens is 256 g/mol. The van der Waals surface area contributed by atoms with E-state index in [1.54, 1.807) is 0 Å². The summed E-state index contributed by atoms with van der Waals surface area (Å²) < 4.78 is 0. The van der Waals surface area contributed by atoms with E-state index in [4.69, 9.17) is 0 Å². The highest BCUT2D eigenvalue weighted by Gasteiger charge is 1.75. The van der Waals surface area contributed by atoms with Gasteiger partial charge in [-0.3, -0.25) is 0 Å². The fourth-order valence-corrected chi connectivity index (χ4v) is 1.55. The van der Waals surface area contributed by atoms with Crippen molar-refractivity contribution >= 4 is 6.29 Å². The van der Waals surface area contributed by atoms with Crippen LogP contribution in [-0.4, -0.2) is 6.29 Å². The highest BCUT2D eigenvalue weighted by Crippen LogP contribution is 1.96. The van der Waals surface area contributed by atoms with Gasteiger partial charge < -0.3 is 4.79 Å². The summed E-state index contributed by atoms with van der Waals surface area (Å²) in [6.45, 7) is 2.04. The molecule has 0 fully saturated rings. The van der Waals surface area contributed by atoms with Crippen LogP contribution in [0, 0.1) is 0 Å². The molecule has 0 rings (SSSR count). The van der Waals surface area contributed by atoms with Crippen LogP contribution in [0.2, 0.25) is 0 Å². The lowest BCUT2D eigenvalue weighted by atomic mass is 10.2. The van der Waals surface area contributed by atoms with E-state index in [2.05, 4.69) is 60.8 Å². The third-order valence-electron chi connectivity index (χ3n) is 2.66. The van der Waals surface area contributed by atoms with Crippen LogP contribution >= 0.6 is 0 Å². The van der Waals surface area contributed by atoms with Gasteiger partial charge in [-0.15, -0.1) is 0 Å². The Hall–Kier alpha value is -1.89. The van der Waals surface area contributed by atoms with Crippen molar-refractivity contribution < 1.29 is 4.79 Å². The minimum atomic E-state index is 0.518. The number of allylic oxidation sites excluding steroid dienone is 12. The topological polar surface area (TPSA) is 17.1 Å². The Kier molecular flexibility index (Phi) is 16.5. The molecule has 0 aromatic carbocycles. The molecule has 114 valence electrons. The van der Waals surface area contributed by atoms with Gasteiger partial charge in [-0.25, -0.2) is 0 Å². The van der Waals surface area contributed by atoms with Gasteiger partial charge in [0.1, 0.15) is 6.29 Å². The van der Waals surface area contributed by atoms with Gasteiger partial charge >= 0.3 is 0 Å². The van der Waals surface area contributed by atoms with Gasteiger partial charge in [0, 0.05) is 6.42 Å². The summed E-state index contributed by atoms with van der Waals surface area (Å²) in [5, 5.41) is 0. The summed E-state index contributed by atoms with van der Waals surface area (Å²) in [6, 6.07) is 0. The van der Waals surface area contributed by atoms with E-state index >= 15 is 0 Å². The summed E-state index contributed by atoms with van der Waals surface area (Å²) >= 11 is 0. The summed E-state index contributed by atoms with van der Waals surface area (Å²) in [5.41, 5.74) is 0. The van der Waals surface area contributed by atoms with Gasteiger partial charge in [-0.05, 0) is 39.0 Å². The van der Waals surface area contributed by atoms with E-state index in [1.807, 2.05) is 19.1 Å². The lowest BCUT2D eigenvalue weighted by Gasteiger charge is -1.85. The smallest absolute Gasteiger partial charge is 0.123 e. The van der Waals surface area contributed by atoms with E-state index in [0.717, 1.165) is 38.4 Å². The first-order chi connectivity index (χ1) is 10.4. The van der Waals surface area contributed by atoms with Crippen molar-refractivity contribution in [3.63, 3.8) is 0 Å². The second-order valence-electron chi connectivity index (χ2n) is 4.51. The predicted octanol–water partition coefficient (Wildman–Crippen LogP) is 5.88. The number of hydrogen-bond donors (Lipinski definition) is 0. The Morgan fingerprint density at radius 2 is 0.762 bits per heavy atom. The van der Waals surface area contributed by atoms with E-state index in [-0.39, 0.29) is 0 Å². The standard InChI is InChI=1S/C20H28O/c1-2-3-4-5-6-7-8-9-10-11-12-13-14-15-16-17-18-19-20-21/h2-3,5-6,8-9,11-12,14-15,17-18,20H,4,7,10,13,16,19H2,1H3. The molecule has 0 spiro atoms. The van der Waals surface area contributed by atoms with E-state index < -0.39 is 0 Å². The monoisotopic (exact) mass is 284 g/mol. The highest BCUT2D eigenvalue weighted by molar-refractivity contribution is 5.51. The van der Waals surface area contributed by atoms with Crippen molar-refractivity contribution in [2.24, 2.45) is 0 Å². The van der Waals surface area contributed by atoms with Crippen LogP contribution < -0.4 is 0 Å². The minimum Gasteiger partial charge on any atom is -0.303 e. The van der Waals surface area contributed by atoms with Crippen LogP contribution in [0.3, 0.4) is 0 Å². The molecule has 0 bridgehead atoms. The summed E-state index contributed by atoms with van der Waals surface area (Å²) in [4.78, 5) is 10.1. The van der Waals surface area contributed by atoms with Crippen LogP contribution in [0.5, 0.6) is 0 Å². The quantitative estimate of drug-likeness (QED) is 0.323. The Bertz CT molecular complexity index is 392. The zero-order chi connectivity index (χ0) is 15.4. The average molecular weight is 284 g/mol. The summed E-state index contributed by atoms with van der Waals surface area (Å²) in [6.07, 6.45) is 31.9. The molecular formula is C20H28O. The van der Waals surface area contributed by atoms with Crippen molar-refractivity contribution in [2.75, 3.05) is 0 Å². The third kappa shape index (κ3) is 18.1. The predicted molar refractivity (Wildman–Crippen MR) is 94.3 cm³/mol. The van der Waals surface area contributed by atoms with Crippen LogP contribution in [-0.2, 0) is 4.79 Å². The second kappa shape index (κ2) is 18.1. The zero-order valence-corrected chi connectivity index (χ0v) is 13.2. The Labute approximate surface area is 130 Å². The normalized spacial score (nSPS) is 13.2. The molecule has 1 heteroatoms. The van der Waals surface area contributed by atoms with Gasteiger partial charge in [0.05, 0.1) is 0 Å². The maximum Gasteiger partial charge on any atom is 0.123 e. The lowest BCUT2D eigenvalue weighted by molar-refractivity contribution is -0.107. The van der Waals surface area contributed by atoms with Crippen LogP contribution in [0.25, 0.3) is 0 Å². The Morgan fingerprint density at radius 3 is 1.05 bits per heavy atom. The van der Waals surface area contributed by atoms with Gasteiger partial charge in [-0.1, -0.05) is 72.9 Å². The largest absolute Gasteiger partial charge is 0.303 e. The summed E-state index contributed by atoms with van der Waals surface area (Å²) in [7, 11) is 0. The average Bonchev–Trinajstić information content (AvgIpc) is 2.50. The number of aldehydes is 1. The van der Waals surface area contributed by atoms with Crippen LogP contribution in [0.4, 0.5) is 0 Å². The van der Waals surface area contributed by atoms with Gasteiger partial charge in [0.25, 0.3) is 0 Å². The molecule has 0 aromatic rings. The number of carbonyl (C=O) groups excluding carboxylic acids is 1. The van der Waals surface area contributed by atoms with Crippen LogP contribution in [0.15, 0.2) is 72.9 Å². The molecule has 0 amide bonds. The van der Waals surface area contributed by atoms with Crippen molar-refractivity contribution in [1.29, 1.82) is 0 Å². The fraction of sp³-hybridized carbons (Fsp3) is 0.350. The van der Waals surface area contributed by atoms with E-state index in [1.165, 1.54) is 0 Å². The number of hydrogen-bond acceptors (Lipinski definition) is 1. The second-order valence-corrected chi connectivity index (χ2v) is 4.51. The van der Waals surface area contributed by atoms with Crippen molar-refractivity contribution in [3.05, 3.63) is 72.9 Å². The van der Waals surface area contributed by atoms with E-state index in [9.17, 15) is 4.79 Å². The van der Waals surface area contributed by atoms with Crippen LogP contribution in [0.1, 0.15) is 45.4 Å². The van der Waals surface area contributed by atoms with Crippen molar-refractivity contribution in [1.82, 2.24) is 0 Å². The molecule has 0 atom stereocenters. The van der Waals surface area contributed by atoms with Gasteiger partial charge in [0.2, 0.25) is 0 Å². The molecule has 0 heterocycles. The maximum absolute atomic E-state index is 10.1. The molecule has 1 nitrogen and oxygen atoms in total. The minimum absolute atomic E-state index is 0.518. The fourth-order valence-electron chi connectivity index (χ4n) is 1.55. The third-order valence-corrected chi connectivity index (χ3v) is 2.66. The zero-order valence-electron chi connectivity index (χ0n) is 13.2. The molecule has 0 aromatic heterocycles. The Balaban J connectivity index is 3.49. The Morgan fingerprint density at radius 1 is 0.476 bits per heavy atom. The molecule has 0 saturated carbocycles. The maximum atomic E-state index is 10.1. The van der Waals surface area contributed by atoms with Gasteiger partial charge in [-0.2, -0.15) is 0 Å². The number of carbonyl (C=O) groups is 1. The van der Waals surface area contributed by atoms with Gasteiger partial charge in [0.15, 0.2) is 0 Å². The molecule has 0 radical (unpaired) electrons. The molecule has 0 aliphatic heterocycles.